The van der Waals surface area contributed by atoms with Gasteiger partial charge in [-0.2, -0.15) is 0 Å². The Bertz CT molecular complexity index is 115. The summed E-state index contributed by atoms with van der Waals surface area (Å²) in [6.45, 7) is 4.33. The molecule has 0 atom stereocenters. The van der Waals surface area contributed by atoms with E-state index in [-0.39, 0.29) is 0 Å². The molecule has 78 valence electrons. The maximum absolute atomic E-state index is 5.31. The predicted octanol–water partition coefficient (Wildman–Crippen LogP) is 1.04. The SMILES string of the molecule is COCCOCCNCCC1CC1. The van der Waals surface area contributed by atoms with Crippen LogP contribution in [0.2, 0.25) is 0 Å². The van der Waals surface area contributed by atoms with E-state index >= 15 is 0 Å². The molecule has 0 radical (unpaired) electrons. The molecular weight excluding hydrogens is 166 g/mol. The summed E-state index contributed by atoms with van der Waals surface area (Å²) < 4.78 is 10.2. The zero-order chi connectivity index (χ0) is 9.36. The molecule has 0 bridgehead atoms. The van der Waals surface area contributed by atoms with Gasteiger partial charge in [-0.3, -0.25) is 0 Å². The molecule has 0 heterocycles. The summed E-state index contributed by atoms with van der Waals surface area (Å²) in [6, 6.07) is 0. The van der Waals surface area contributed by atoms with Gasteiger partial charge in [-0.1, -0.05) is 12.8 Å². The van der Waals surface area contributed by atoms with Gasteiger partial charge in [0.1, 0.15) is 0 Å². The quantitative estimate of drug-likeness (QED) is 0.547. The second-order valence-electron chi connectivity index (χ2n) is 3.59. The monoisotopic (exact) mass is 187 g/mol. The van der Waals surface area contributed by atoms with Crippen LogP contribution in [-0.2, 0) is 9.47 Å². The molecule has 0 amide bonds. The van der Waals surface area contributed by atoms with Crippen LogP contribution >= 0.6 is 0 Å². The van der Waals surface area contributed by atoms with Crippen molar-refractivity contribution in [2.75, 3.05) is 40.0 Å². The van der Waals surface area contributed by atoms with Crippen molar-refractivity contribution in [2.45, 2.75) is 19.3 Å². The van der Waals surface area contributed by atoms with Crippen molar-refractivity contribution in [3.8, 4) is 0 Å². The molecule has 1 saturated carbocycles. The van der Waals surface area contributed by atoms with Crippen LogP contribution in [0.25, 0.3) is 0 Å². The molecule has 0 unspecified atom stereocenters. The minimum atomic E-state index is 0.697. The fraction of sp³-hybridized carbons (Fsp3) is 1.00. The molecule has 1 aliphatic rings. The smallest absolute Gasteiger partial charge is 0.0700 e. The van der Waals surface area contributed by atoms with E-state index in [4.69, 9.17) is 9.47 Å². The number of nitrogens with one attached hydrogen (secondary N) is 1. The van der Waals surface area contributed by atoms with Gasteiger partial charge in [-0.15, -0.1) is 0 Å². The standard InChI is InChI=1S/C10H21NO2/c1-12-8-9-13-7-6-11-5-4-10-2-3-10/h10-11H,2-9H2,1H3. The minimum Gasteiger partial charge on any atom is -0.382 e. The lowest BCUT2D eigenvalue weighted by Crippen LogP contribution is -2.21. The van der Waals surface area contributed by atoms with Gasteiger partial charge in [-0.05, 0) is 18.9 Å². The Morgan fingerprint density at radius 1 is 1.15 bits per heavy atom. The Labute approximate surface area is 80.8 Å². The Hall–Kier alpha value is -0.120. The molecule has 0 aliphatic heterocycles. The minimum absolute atomic E-state index is 0.697. The zero-order valence-corrected chi connectivity index (χ0v) is 8.55. The zero-order valence-electron chi connectivity index (χ0n) is 8.55. The highest BCUT2D eigenvalue weighted by Crippen LogP contribution is 2.31. The maximum atomic E-state index is 5.31. The number of hydrogen-bond donors (Lipinski definition) is 1. The van der Waals surface area contributed by atoms with Gasteiger partial charge in [0.2, 0.25) is 0 Å². The first-order valence-corrected chi connectivity index (χ1v) is 5.21. The highest BCUT2D eigenvalue weighted by Gasteiger charge is 2.19. The van der Waals surface area contributed by atoms with Crippen LogP contribution in [0.1, 0.15) is 19.3 Å². The highest BCUT2D eigenvalue weighted by atomic mass is 16.5. The van der Waals surface area contributed by atoms with Gasteiger partial charge in [0, 0.05) is 13.7 Å². The number of rotatable bonds is 9. The second-order valence-corrected chi connectivity index (χ2v) is 3.59. The molecule has 0 aromatic rings. The summed E-state index contributed by atoms with van der Waals surface area (Å²) in [4.78, 5) is 0. The van der Waals surface area contributed by atoms with E-state index in [2.05, 4.69) is 5.32 Å². The van der Waals surface area contributed by atoms with E-state index < -0.39 is 0 Å². The van der Waals surface area contributed by atoms with Gasteiger partial charge in [-0.25, -0.2) is 0 Å². The van der Waals surface area contributed by atoms with Gasteiger partial charge in [0.15, 0.2) is 0 Å². The van der Waals surface area contributed by atoms with Gasteiger partial charge in [0.25, 0.3) is 0 Å². The first-order valence-electron chi connectivity index (χ1n) is 5.21. The molecule has 1 N–H and O–H groups in total. The normalized spacial score (nSPS) is 16.4. The Morgan fingerprint density at radius 3 is 2.69 bits per heavy atom. The molecule has 3 nitrogen and oxygen atoms in total. The van der Waals surface area contributed by atoms with E-state index in [1.165, 1.54) is 19.3 Å². The molecule has 1 fully saturated rings. The van der Waals surface area contributed by atoms with E-state index in [1.54, 1.807) is 7.11 Å². The largest absolute Gasteiger partial charge is 0.382 e. The number of hydrogen-bond acceptors (Lipinski definition) is 3. The van der Waals surface area contributed by atoms with E-state index in [9.17, 15) is 0 Å². The Morgan fingerprint density at radius 2 is 2.00 bits per heavy atom. The van der Waals surface area contributed by atoms with Gasteiger partial charge in [0.05, 0.1) is 19.8 Å². The Kier molecular flexibility index (Phi) is 6.15. The molecule has 0 aromatic heterocycles. The first kappa shape index (κ1) is 11.0. The fourth-order valence-electron chi connectivity index (χ4n) is 1.23. The van der Waals surface area contributed by atoms with E-state index in [1.807, 2.05) is 0 Å². The third-order valence-corrected chi connectivity index (χ3v) is 2.28. The molecule has 0 saturated heterocycles. The topological polar surface area (TPSA) is 30.5 Å². The van der Waals surface area contributed by atoms with Crippen molar-refractivity contribution >= 4 is 0 Å². The molecule has 0 spiro atoms. The summed E-state index contributed by atoms with van der Waals surface area (Å²) in [5.41, 5.74) is 0. The van der Waals surface area contributed by atoms with Crippen molar-refractivity contribution < 1.29 is 9.47 Å². The van der Waals surface area contributed by atoms with Crippen LogP contribution < -0.4 is 5.32 Å². The molecule has 1 aliphatic carbocycles. The lowest BCUT2D eigenvalue weighted by atomic mass is 10.3. The lowest BCUT2D eigenvalue weighted by molar-refractivity contribution is 0.0720. The van der Waals surface area contributed by atoms with Gasteiger partial charge < -0.3 is 14.8 Å². The van der Waals surface area contributed by atoms with Crippen LogP contribution in [0.5, 0.6) is 0 Å². The van der Waals surface area contributed by atoms with E-state index in [0.717, 1.165) is 25.6 Å². The second kappa shape index (κ2) is 7.30. The van der Waals surface area contributed by atoms with Crippen molar-refractivity contribution in [3.05, 3.63) is 0 Å². The Balaban J connectivity index is 1.63. The predicted molar refractivity (Wildman–Crippen MR) is 52.9 cm³/mol. The third kappa shape index (κ3) is 6.99. The van der Waals surface area contributed by atoms with E-state index in [0.29, 0.717) is 13.2 Å². The van der Waals surface area contributed by atoms with Crippen molar-refractivity contribution in [3.63, 3.8) is 0 Å². The lowest BCUT2D eigenvalue weighted by Gasteiger charge is -2.04. The third-order valence-electron chi connectivity index (χ3n) is 2.28. The molecule has 1 rings (SSSR count). The summed E-state index contributed by atoms with van der Waals surface area (Å²) in [6.07, 6.45) is 4.25. The van der Waals surface area contributed by atoms with Crippen molar-refractivity contribution in [1.82, 2.24) is 5.32 Å². The maximum Gasteiger partial charge on any atom is 0.0700 e. The first-order chi connectivity index (χ1) is 6.43. The van der Waals surface area contributed by atoms with Crippen LogP contribution in [-0.4, -0.2) is 40.0 Å². The fourth-order valence-corrected chi connectivity index (χ4v) is 1.23. The van der Waals surface area contributed by atoms with Crippen molar-refractivity contribution in [2.24, 2.45) is 5.92 Å². The summed E-state index contributed by atoms with van der Waals surface area (Å²) in [5.74, 6) is 1.03. The summed E-state index contributed by atoms with van der Waals surface area (Å²) in [5, 5.41) is 3.37. The van der Waals surface area contributed by atoms with Crippen LogP contribution in [0, 0.1) is 5.92 Å². The molecule has 0 aromatic carbocycles. The van der Waals surface area contributed by atoms with Crippen LogP contribution in [0.4, 0.5) is 0 Å². The van der Waals surface area contributed by atoms with Crippen LogP contribution in [0.3, 0.4) is 0 Å². The number of methoxy groups -OCH3 is 1. The van der Waals surface area contributed by atoms with Crippen LogP contribution in [0.15, 0.2) is 0 Å². The molecule has 3 heteroatoms. The van der Waals surface area contributed by atoms with Gasteiger partial charge >= 0.3 is 0 Å². The average Bonchev–Trinajstić information content (AvgIpc) is 2.93. The summed E-state index contributed by atoms with van der Waals surface area (Å²) >= 11 is 0. The molecule has 13 heavy (non-hydrogen) atoms. The average molecular weight is 187 g/mol. The number of ether oxygens (including phenoxy) is 2. The van der Waals surface area contributed by atoms with Crippen molar-refractivity contribution in [1.29, 1.82) is 0 Å². The highest BCUT2D eigenvalue weighted by molar-refractivity contribution is 4.73. The summed E-state index contributed by atoms with van der Waals surface area (Å²) in [7, 11) is 1.69. The molecular formula is C10H21NO2.